The Morgan fingerprint density at radius 1 is 1.09 bits per heavy atom. The number of para-hydroxylation sites is 1. The average molecular weight is 457 g/mol. The molecule has 2 aromatic heterocycles. The maximum absolute atomic E-state index is 13.3. The quantitative estimate of drug-likeness (QED) is 0.299. The van der Waals surface area contributed by atoms with Gasteiger partial charge in [0.05, 0.1) is 22.5 Å². The van der Waals surface area contributed by atoms with Crippen LogP contribution >= 0.6 is 0 Å². The predicted octanol–water partition coefficient (Wildman–Crippen LogP) is 2.60. The lowest BCUT2D eigenvalue weighted by Gasteiger charge is -2.12. The van der Waals surface area contributed by atoms with E-state index >= 15 is 0 Å². The van der Waals surface area contributed by atoms with Gasteiger partial charge in [0.25, 0.3) is 0 Å². The number of halogens is 1. The van der Waals surface area contributed by atoms with E-state index in [1.54, 1.807) is 30.3 Å². The average Bonchev–Trinajstić information content (AvgIpc) is 3.14. The van der Waals surface area contributed by atoms with Crippen LogP contribution in [-0.4, -0.2) is 41.2 Å². The lowest BCUT2D eigenvalue weighted by molar-refractivity contribution is 0.477. The fourth-order valence-corrected chi connectivity index (χ4v) is 4.27. The van der Waals surface area contributed by atoms with Gasteiger partial charge in [0.2, 0.25) is 10.0 Å². The van der Waals surface area contributed by atoms with Crippen molar-refractivity contribution < 1.29 is 17.9 Å². The number of anilines is 2. The second kappa shape index (κ2) is 8.81. The van der Waals surface area contributed by atoms with Gasteiger partial charge < -0.3 is 16.2 Å². The molecule has 166 valence electrons. The number of benzene rings is 2. The Balaban J connectivity index is 1.46. The lowest BCUT2D eigenvalue weighted by atomic mass is 10.1. The molecule has 0 bridgehead atoms. The second-order valence-corrected chi connectivity index (χ2v) is 8.78. The second-order valence-electron chi connectivity index (χ2n) is 7.01. The van der Waals surface area contributed by atoms with E-state index in [0.717, 1.165) is 6.07 Å². The maximum atomic E-state index is 13.3. The smallest absolute Gasteiger partial charge is 0.240 e. The minimum atomic E-state index is -3.80. The van der Waals surface area contributed by atoms with Gasteiger partial charge in [-0.05, 0) is 36.8 Å². The molecule has 2 aromatic carbocycles. The third kappa shape index (κ3) is 4.48. The molecule has 4 aromatic rings. The first kappa shape index (κ1) is 21.5. The summed E-state index contributed by atoms with van der Waals surface area (Å²) in [6.07, 6.45) is 1.93. The number of nitrogens with zero attached hydrogens (tertiary/aromatic N) is 3. The molecule has 0 saturated carbocycles. The molecule has 32 heavy (non-hydrogen) atoms. The van der Waals surface area contributed by atoms with Crippen molar-refractivity contribution in [2.75, 3.05) is 24.1 Å². The molecule has 0 aliphatic carbocycles. The number of nitrogens with one attached hydrogen (secondary N) is 2. The Morgan fingerprint density at radius 3 is 2.69 bits per heavy atom. The fraction of sp³-hybridized carbons (Fsp3) is 0.143. The third-order valence-corrected chi connectivity index (χ3v) is 6.20. The van der Waals surface area contributed by atoms with Gasteiger partial charge in [0.1, 0.15) is 17.4 Å². The summed E-state index contributed by atoms with van der Waals surface area (Å²) in [6.45, 7) is 0.554. The molecule has 11 heteroatoms. The van der Waals surface area contributed by atoms with E-state index in [2.05, 4.69) is 20.1 Å². The molecule has 9 nitrogen and oxygen atoms in total. The van der Waals surface area contributed by atoms with Gasteiger partial charge in [-0.3, -0.25) is 0 Å². The van der Waals surface area contributed by atoms with E-state index in [9.17, 15) is 17.9 Å². The molecule has 2 heterocycles. The first-order chi connectivity index (χ1) is 15.3. The van der Waals surface area contributed by atoms with Gasteiger partial charge in [0.15, 0.2) is 5.65 Å². The van der Waals surface area contributed by atoms with E-state index in [0.29, 0.717) is 41.4 Å². The SMILES string of the molecule is Nc1cnn2c(NCCCNS(=O)(=O)c3cccc(F)c3)cc(-c3ccccc3O)nc12. The van der Waals surface area contributed by atoms with Crippen LogP contribution in [0.2, 0.25) is 0 Å². The van der Waals surface area contributed by atoms with Gasteiger partial charge in [-0.25, -0.2) is 22.5 Å². The Hall–Kier alpha value is -3.70. The van der Waals surface area contributed by atoms with Crippen molar-refractivity contribution in [2.24, 2.45) is 0 Å². The monoisotopic (exact) mass is 456 g/mol. The summed E-state index contributed by atoms with van der Waals surface area (Å²) in [7, 11) is -3.80. The molecule has 0 amide bonds. The maximum Gasteiger partial charge on any atom is 0.240 e. The van der Waals surface area contributed by atoms with Crippen molar-refractivity contribution in [3.05, 3.63) is 66.6 Å². The largest absolute Gasteiger partial charge is 0.507 e. The van der Waals surface area contributed by atoms with E-state index in [1.165, 1.54) is 28.9 Å². The first-order valence-corrected chi connectivity index (χ1v) is 11.3. The van der Waals surface area contributed by atoms with Gasteiger partial charge in [-0.15, -0.1) is 0 Å². The number of aromatic hydroxyl groups is 1. The number of fused-ring (bicyclic) bond motifs is 1. The normalized spacial score (nSPS) is 11.7. The van der Waals surface area contributed by atoms with Crippen LogP contribution in [0.15, 0.2) is 65.7 Å². The summed E-state index contributed by atoms with van der Waals surface area (Å²) < 4.78 is 41.8. The Bertz CT molecular complexity index is 1370. The van der Waals surface area contributed by atoms with Crippen LogP contribution in [0, 0.1) is 5.82 Å². The van der Waals surface area contributed by atoms with Gasteiger partial charge in [-0.1, -0.05) is 18.2 Å². The molecule has 0 spiro atoms. The number of phenols is 1. The molecule has 0 aliphatic heterocycles. The zero-order valence-electron chi connectivity index (χ0n) is 16.9. The Labute approximate surface area is 183 Å². The summed E-state index contributed by atoms with van der Waals surface area (Å²) in [4.78, 5) is 4.37. The standard InChI is InChI=1S/C21H21FN6O3S/c22-14-5-3-6-15(11-14)32(30,31)26-10-4-9-24-20-12-18(16-7-1-2-8-19(16)29)27-21-17(23)13-25-28(20)21/h1-3,5-8,11-13,24,26,29H,4,9-10,23H2. The highest BCUT2D eigenvalue weighted by atomic mass is 32.2. The van der Waals surface area contributed by atoms with Crippen molar-refractivity contribution in [2.45, 2.75) is 11.3 Å². The van der Waals surface area contributed by atoms with E-state index in [4.69, 9.17) is 5.73 Å². The van der Waals surface area contributed by atoms with Crippen LogP contribution in [-0.2, 0) is 10.0 Å². The number of phenolic OH excluding ortho intramolecular Hbond substituents is 1. The van der Waals surface area contributed by atoms with E-state index in [1.807, 2.05) is 0 Å². The van der Waals surface area contributed by atoms with E-state index < -0.39 is 15.8 Å². The molecular weight excluding hydrogens is 435 g/mol. The number of nitrogens with two attached hydrogens (primary N) is 1. The molecule has 0 saturated heterocycles. The van der Waals surface area contributed by atoms with Crippen LogP contribution in [0.5, 0.6) is 5.75 Å². The molecule has 0 atom stereocenters. The lowest BCUT2D eigenvalue weighted by Crippen LogP contribution is -2.26. The van der Waals surface area contributed by atoms with Crippen LogP contribution in [0.25, 0.3) is 16.9 Å². The van der Waals surface area contributed by atoms with Crippen molar-refractivity contribution in [1.29, 1.82) is 0 Å². The molecule has 5 N–H and O–H groups in total. The molecule has 4 rings (SSSR count). The highest BCUT2D eigenvalue weighted by Crippen LogP contribution is 2.30. The van der Waals surface area contributed by atoms with Gasteiger partial charge in [-0.2, -0.15) is 9.61 Å². The highest BCUT2D eigenvalue weighted by molar-refractivity contribution is 7.89. The third-order valence-electron chi connectivity index (χ3n) is 4.74. The molecule has 0 unspecified atom stereocenters. The van der Waals surface area contributed by atoms with Crippen molar-refractivity contribution in [3.8, 4) is 17.0 Å². The molecular formula is C21H21FN6O3S. The zero-order valence-corrected chi connectivity index (χ0v) is 17.7. The molecule has 0 fully saturated rings. The minimum Gasteiger partial charge on any atom is -0.507 e. The summed E-state index contributed by atoms with van der Waals surface area (Å²) >= 11 is 0. The van der Waals surface area contributed by atoms with Gasteiger partial charge in [0, 0.05) is 24.7 Å². The number of aromatic nitrogens is 3. The van der Waals surface area contributed by atoms with E-state index in [-0.39, 0.29) is 17.2 Å². The highest BCUT2D eigenvalue weighted by Gasteiger charge is 2.15. The van der Waals surface area contributed by atoms with Crippen molar-refractivity contribution in [1.82, 2.24) is 19.3 Å². The molecule has 0 aliphatic rings. The number of hydrogen-bond acceptors (Lipinski definition) is 7. The number of rotatable bonds is 8. The topological polar surface area (TPSA) is 135 Å². The van der Waals surface area contributed by atoms with Gasteiger partial charge >= 0.3 is 0 Å². The Morgan fingerprint density at radius 2 is 1.91 bits per heavy atom. The summed E-state index contributed by atoms with van der Waals surface area (Å²) in [6, 6.07) is 13.4. The number of sulfonamides is 1. The predicted molar refractivity (Wildman–Crippen MR) is 119 cm³/mol. The Kier molecular flexibility index (Phi) is 5.93. The number of hydrogen-bond donors (Lipinski definition) is 4. The summed E-state index contributed by atoms with van der Waals surface area (Å²) in [5, 5.41) is 17.6. The number of nitrogen functional groups attached to an aromatic ring is 1. The zero-order chi connectivity index (χ0) is 22.7. The minimum absolute atomic E-state index is 0.0835. The fourth-order valence-electron chi connectivity index (χ4n) is 3.16. The molecule has 0 radical (unpaired) electrons. The van der Waals surface area contributed by atoms with Crippen LogP contribution in [0.4, 0.5) is 15.9 Å². The van der Waals surface area contributed by atoms with Crippen LogP contribution in [0.1, 0.15) is 6.42 Å². The van der Waals surface area contributed by atoms with Crippen molar-refractivity contribution in [3.63, 3.8) is 0 Å². The van der Waals surface area contributed by atoms with Crippen LogP contribution in [0.3, 0.4) is 0 Å². The summed E-state index contributed by atoms with van der Waals surface area (Å²) in [5.74, 6) is 0.0491. The van der Waals surface area contributed by atoms with Crippen molar-refractivity contribution >= 4 is 27.2 Å². The first-order valence-electron chi connectivity index (χ1n) is 9.77. The van der Waals surface area contributed by atoms with Crippen LogP contribution < -0.4 is 15.8 Å². The summed E-state index contributed by atoms with van der Waals surface area (Å²) in [5.41, 5.74) is 7.85.